The summed E-state index contributed by atoms with van der Waals surface area (Å²) < 4.78 is 0. The molecule has 1 aliphatic rings. The van der Waals surface area contributed by atoms with E-state index in [0.717, 1.165) is 10.5 Å². The smallest absolute Gasteiger partial charge is 0.414 e. The lowest BCUT2D eigenvalue weighted by Gasteiger charge is -2.32. The molecule has 0 spiro atoms. The van der Waals surface area contributed by atoms with Crippen LogP contribution in [0.4, 0.5) is 4.79 Å². The lowest BCUT2D eigenvalue weighted by molar-refractivity contribution is -0.123. The lowest BCUT2D eigenvalue weighted by Crippen LogP contribution is -2.34. The molecular formula is C23H33NO3. The number of likely N-dealkylation sites (N-methyl/N-ethyl adjacent to an activating group) is 1. The van der Waals surface area contributed by atoms with Crippen molar-refractivity contribution < 1.29 is 14.7 Å². The molecule has 1 rings (SSSR count). The van der Waals surface area contributed by atoms with Crippen LogP contribution in [0.15, 0.2) is 58.7 Å². The fourth-order valence-electron chi connectivity index (χ4n) is 3.34. The molecule has 4 nitrogen and oxygen atoms in total. The molecule has 0 bridgehead atoms. The van der Waals surface area contributed by atoms with Gasteiger partial charge in [0, 0.05) is 12.6 Å². The summed E-state index contributed by atoms with van der Waals surface area (Å²) in [6.07, 6.45) is 13.8. The Morgan fingerprint density at radius 1 is 1.19 bits per heavy atom. The normalized spacial score (nSPS) is 18.4. The highest BCUT2D eigenvalue weighted by Gasteiger charge is 2.26. The number of hydrogen-bond acceptors (Lipinski definition) is 2. The highest BCUT2D eigenvalue weighted by Crippen LogP contribution is 2.40. The molecule has 0 saturated heterocycles. The molecule has 0 unspecified atom stereocenters. The Morgan fingerprint density at radius 2 is 1.85 bits per heavy atom. The van der Waals surface area contributed by atoms with E-state index in [0.29, 0.717) is 5.57 Å². The fraction of sp³-hybridized carbons (Fsp3) is 0.478. The third-order valence-electron chi connectivity index (χ3n) is 4.94. The maximum atomic E-state index is 11.9. The van der Waals surface area contributed by atoms with Crippen molar-refractivity contribution in [3.63, 3.8) is 0 Å². The zero-order valence-corrected chi connectivity index (χ0v) is 17.5. The third kappa shape index (κ3) is 7.05. The first kappa shape index (κ1) is 22.7. The van der Waals surface area contributed by atoms with Crippen molar-refractivity contribution >= 4 is 12.0 Å². The van der Waals surface area contributed by atoms with Crippen molar-refractivity contribution in [3.05, 3.63) is 58.7 Å². The van der Waals surface area contributed by atoms with Crippen molar-refractivity contribution in [1.82, 2.24) is 4.90 Å². The van der Waals surface area contributed by atoms with E-state index in [9.17, 15) is 9.59 Å². The van der Waals surface area contributed by atoms with Crippen LogP contribution in [-0.2, 0) is 4.79 Å². The van der Waals surface area contributed by atoms with Gasteiger partial charge in [-0.05, 0) is 63.5 Å². The number of amides is 2. The zero-order valence-electron chi connectivity index (χ0n) is 17.5. The van der Waals surface area contributed by atoms with Crippen LogP contribution < -0.4 is 0 Å². The molecule has 4 heteroatoms. The van der Waals surface area contributed by atoms with E-state index in [2.05, 4.69) is 32.9 Å². The standard InChI is InChI=1S/C23H33NO3/c1-7-24(22(26)27)21(25)16-18(3)11-8-10-17(2)13-14-20-19(4)12-9-15-23(20,5)6/h8,10-11,13-14,16H,7,9,12,15H2,1-6H3,(H,26,27)/b11-8+,14-13+,17-10+,18-16+. The van der Waals surface area contributed by atoms with Gasteiger partial charge in [0.25, 0.3) is 5.91 Å². The van der Waals surface area contributed by atoms with Crippen LogP contribution in [0.5, 0.6) is 0 Å². The van der Waals surface area contributed by atoms with Crippen LogP contribution >= 0.6 is 0 Å². The highest BCUT2D eigenvalue weighted by atomic mass is 16.4. The van der Waals surface area contributed by atoms with Crippen molar-refractivity contribution in [2.24, 2.45) is 5.41 Å². The largest absolute Gasteiger partial charge is 0.465 e. The fourth-order valence-corrected chi connectivity index (χ4v) is 3.34. The summed E-state index contributed by atoms with van der Waals surface area (Å²) in [5, 5.41) is 8.96. The van der Waals surface area contributed by atoms with Crippen LogP contribution in [0, 0.1) is 5.41 Å². The summed E-state index contributed by atoms with van der Waals surface area (Å²) in [6, 6.07) is 0. The molecule has 0 aromatic carbocycles. The number of carbonyl (C=O) groups is 2. The van der Waals surface area contributed by atoms with Gasteiger partial charge in [0.15, 0.2) is 0 Å². The summed E-state index contributed by atoms with van der Waals surface area (Å²) in [4.78, 5) is 23.6. The number of nitrogens with zero attached hydrogens (tertiary/aromatic N) is 1. The van der Waals surface area contributed by atoms with Crippen molar-refractivity contribution in [1.29, 1.82) is 0 Å². The predicted octanol–water partition coefficient (Wildman–Crippen LogP) is 6.04. The van der Waals surface area contributed by atoms with E-state index in [4.69, 9.17) is 5.11 Å². The quantitative estimate of drug-likeness (QED) is 0.457. The molecule has 148 valence electrons. The Kier molecular flexibility index (Phi) is 8.48. The minimum absolute atomic E-state index is 0.136. The van der Waals surface area contributed by atoms with E-state index < -0.39 is 12.0 Å². The van der Waals surface area contributed by atoms with Crippen LogP contribution in [-0.4, -0.2) is 28.6 Å². The summed E-state index contributed by atoms with van der Waals surface area (Å²) >= 11 is 0. The number of imide groups is 1. The maximum absolute atomic E-state index is 11.9. The SMILES string of the molecule is CCN(C(=O)O)C(=O)/C=C(C)/C=C/C=C(C)/C=C/C1=C(C)CCCC1(C)C. The van der Waals surface area contributed by atoms with Gasteiger partial charge in [0.1, 0.15) is 0 Å². The third-order valence-corrected chi connectivity index (χ3v) is 4.94. The minimum Gasteiger partial charge on any atom is -0.465 e. The first-order chi connectivity index (χ1) is 12.6. The van der Waals surface area contributed by atoms with Gasteiger partial charge in [-0.2, -0.15) is 0 Å². The zero-order chi connectivity index (χ0) is 20.6. The van der Waals surface area contributed by atoms with Gasteiger partial charge < -0.3 is 5.11 Å². The Bertz CT molecular complexity index is 718. The first-order valence-corrected chi connectivity index (χ1v) is 9.54. The number of allylic oxidation sites excluding steroid dienone is 9. The van der Waals surface area contributed by atoms with E-state index in [1.165, 1.54) is 36.5 Å². The first-order valence-electron chi connectivity index (χ1n) is 9.54. The van der Waals surface area contributed by atoms with E-state index in [1.807, 2.05) is 19.1 Å². The summed E-state index contributed by atoms with van der Waals surface area (Å²) in [7, 11) is 0. The molecule has 2 amide bonds. The topological polar surface area (TPSA) is 57.6 Å². The van der Waals surface area contributed by atoms with Crippen LogP contribution in [0.25, 0.3) is 0 Å². The molecule has 0 atom stereocenters. The van der Waals surface area contributed by atoms with E-state index in [1.54, 1.807) is 19.9 Å². The molecule has 0 radical (unpaired) electrons. The van der Waals surface area contributed by atoms with Gasteiger partial charge in [-0.3, -0.25) is 4.79 Å². The molecule has 0 heterocycles. The maximum Gasteiger partial charge on any atom is 0.414 e. The summed E-state index contributed by atoms with van der Waals surface area (Å²) in [5.74, 6) is -0.519. The van der Waals surface area contributed by atoms with Gasteiger partial charge in [-0.15, -0.1) is 0 Å². The Balaban J connectivity index is 2.79. The van der Waals surface area contributed by atoms with Crippen LogP contribution in [0.1, 0.15) is 60.8 Å². The summed E-state index contributed by atoms with van der Waals surface area (Å²) in [5.41, 5.74) is 4.96. The molecule has 0 fully saturated rings. The van der Waals surface area contributed by atoms with Crippen LogP contribution in [0.2, 0.25) is 0 Å². The average molecular weight is 372 g/mol. The lowest BCUT2D eigenvalue weighted by atomic mass is 9.72. The van der Waals surface area contributed by atoms with Gasteiger partial charge >= 0.3 is 6.09 Å². The Labute approximate surface area is 163 Å². The molecule has 0 aromatic heterocycles. The molecule has 1 N–H and O–H groups in total. The van der Waals surface area contributed by atoms with Gasteiger partial charge in [-0.1, -0.05) is 55.4 Å². The van der Waals surface area contributed by atoms with Gasteiger partial charge in [0.2, 0.25) is 0 Å². The van der Waals surface area contributed by atoms with Gasteiger partial charge in [-0.25, -0.2) is 9.69 Å². The van der Waals surface area contributed by atoms with Gasteiger partial charge in [0.05, 0.1) is 0 Å². The highest BCUT2D eigenvalue weighted by molar-refractivity contribution is 5.98. The second-order valence-corrected chi connectivity index (χ2v) is 7.79. The number of rotatable bonds is 6. The van der Waals surface area contributed by atoms with E-state index in [-0.39, 0.29) is 12.0 Å². The monoisotopic (exact) mass is 371 g/mol. The number of carbonyl (C=O) groups excluding carboxylic acids is 1. The molecule has 27 heavy (non-hydrogen) atoms. The van der Waals surface area contributed by atoms with Crippen molar-refractivity contribution in [2.75, 3.05) is 6.54 Å². The number of carboxylic acid groups (broad SMARTS) is 1. The number of hydrogen-bond donors (Lipinski definition) is 1. The van der Waals surface area contributed by atoms with Crippen LogP contribution in [0.3, 0.4) is 0 Å². The summed E-state index contributed by atoms with van der Waals surface area (Å²) in [6.45, 7) is 12.4. The van der Waals surface area contributed by atoms with Crippen molar-refractivity contribution in [3.8, 4) is 0 Å². The predicted molar refractivity (Wildman–Crippen MR) is 112 cm³/mol. The van der Waals surface area contributed by atoms with E-state index >= 15 is 0 Å². The molecule has 0 aliphatic heterocycles. The molecule has 0 aromatic rings. The van der Waals surface area contributed by atoms with Crippen molar-refractivity contribution in [2.45, 2.75) is 60.8 Å². The average Bonchev–Trinajstić information content (AvgIpc) is 2.53. The Morgan fingerprint density at radius 3 is 2.41 bits per heavy atom. The molecule has 1 aliphatic carbocycles. The molecule has 0 saturated carbocycles. The minimum atomic E-state index is -1.23. The molecular weight excluding hydrogens is 338 g/mol. The second kappa shape index (κ2) is 10.1. The Hall–Kier alpha value is -2.36. The second-order valence-electron chi connectivity index (χ2n) is 7.79.